The second-order valence-corrected chi connectivity index (χ2v) is 9.02. The lowest BCUT2D eigenvalue weighted by Crippen LogP contribution is -2.70. The standard InChI is InChI=1S/C16H17N9O6S2/c1-3-23-4-8(25(30)31)9(19-23)12(26)17-10-13(27)24-11(15(28)29)7(5-32-14(10)24)6-33-16-18-20-21-22(16)2/h4,10,14H,3,5-6H2,1-2H3,(H,17,26)(H,28,29). The Balaban J connectivity index is 1.51. The Labute approximate surface area is 193 Å². The maximum absolute atomic E-state index is 12.8. The number of nitrogens with one attached hydrogen (secondary N) is 1. The maximum atomic E-state index is 12.8. The summed E-state index contributed by atoms with van der Waals surface area (Å²) in [6.45, 7) is 2.03. The molecule has 0 bridgehead atoms. The first kappa shape index (κ1) is 22.7. The number of carbonyl (C=O) groups excluding carboxylic acids is 2. The highest BCUT2D eigenvalue weighted by molar-refractivity contribution is 8.01. The highest BCUT2D eigenvalue weighted by Crippen LogP contribution is 2.41. The molecule has 2 amide bonds. The fourth-order valence-electron chi connectivity index (χ4n) is 3.37. The highest BCUT2D eigenvalue weighted by Gasteiger charge is 2.54. The zero-order valence-electron chi connectivity index (χ0n) is 17.2. The van der Waals surface area contributed by atoms with Crippen LogP contribution in [0.1, 0.15) is 17.4 Å². The first-order valence-corrected chi connectivity index (χ1v) is 11.5. The number of nitrogens with zero attached hydrogens (tertiary/aromatic N) is 8. The van der Waals surface area contributed by atoms with Gasteiger partial charge in [0.2, 0.25) is 10.9 Å². The number of thioether (sulfide) groups is 2. The van der Waals surface area contributed by atoms with Crippen LogP contribution in [0.15, 0.2) is 22.6 Å². The van der Waals surface area contributed by atoms with Gasteiger partial charge in [-0.15, -0.1) is 16.9 Å². The number of carboxylic acids is 1. The minimum absolute atomic E-state index is 0.141. The van der Waals surface area contributed by atoms with Gasteiger partial charge in [-0.2, -0.15) is 5.10 Å². The molecule has 0 aromatic carbocycles. The minimum Gasteiger partial charge on any atom is -0.477 e. The van der Waals surface area contributed by atoms with Crippen molar-refractivity contribution in [3.8, 4) is 0 Å². The number of aryl methyl sites for hydroxylation is 2. The number of aromatic nitrogens is 6. The molecule has 17 heteroatoms. The van der Waals surface area contributed by atoms with Gasteiger partial charge < -0.3 is 10.4 Å². The van der Waals surface area contributed by atoms with E-state index in [1.54, 1.807) is 14.0 Å². The van der Waals surface area contributed by atoms with Gasteiger partial charge in [-0.05, 0) is 22.9 Å². The number of carbonyl (C=O) groups is 3. The van der Waals surface area contributed by atoms with Crippen LogP contribution < -0.4 is 5.32 Å². The number of rotatable bonds is 8. The van der Waals surface area contributed by atoms with E-state index in [2.05, 4.69) is 25.9 Å². The Morgan fingerprint density at radius 1 is 1.45 bits per heavy atom. The Morgan fingerprint density at radius 2 is 2.21 bits per heavy atom. The molecule has 4 rings (SSSR count). The van der Waals surface area contributed by atoms with E-state index in [-0.39, 0.29) is 11.4 Å². The predicted molar refractivity (Wildman–Crippen MR) is 113 cm³/mol. The van der Waals surface area contributed by atoms with Gasteiger partial charge in [0, 0.05) is 25.1 Å². The highest BCUT2D eigenvalue weighted by atomic mass is 32.2. The molecule has 33 heavy (non-hydrogen) atoms. The average molecular weight is 496 g/mol. The average Bonchev–Trinajstić information content (AvgIpc) is 3.41. The van der Waals surface area contributed by atoms with Crippen LogP contribution >= 0.6 is 23.5 Å². The second kappa shape index (κ2) is 8.81. The third-order valence-electron chi connectivity index (χ3n) is 4.97. The normalized spacial score (nSPS) is 19.8. The lowest BCUT2D eigenvalue weighted by Gasteiger charge is -2.49. The molecule has 2 aromatic heterocycles. The number of fused-ring (bicyclic) bond motifs is 1. The number of amides is 2. The maximum Gasteiger partial charge on any atom is 0.352 e. The number of tetrazole rings is 1. The molecule has 174 valence electrons. The third kappa shape index (κ3) is 4.04. The summed E-state index contributed by atoms with van der Waals surface area (Å²) in [4.78, 5) is 49.0. The van der Waals surface area contributed by atoms with E-state index in [4.69, 9.17) is 0 Å². The van der Waals surface area contributed by atoms with Crippen molar-refractivity contribution in [1.29, 1.82) is 0 Å². The van der Waals surface area contributed by atoms with Gasteiger partial charge in [0.1, 0.15) is 23.3 Å². The summed E-state index contributed by atoms with van der Waals surface area (Å²) in [6.07, 6.45) is 1.14. The van der Waals surface area contributed by atoms with Gasteiger partial charge in [-0.25, -0.2) is 9.48 Å². The second-order valence-electron chi connectivity index (χ2n) is 6.97. The van der Waals surface area contributed by atoms with Crippen molar-refractivity contribution in [3.05, 3.63) is 33.3 Å². The smallest absolute Gasteiger partial charge is 0.352 e. The molecule has 4 heterocycles. The van der Waals surface area contributed by atoms with Crippen LogP contribution in [0.3, 0.4) is 0 Å². The van der Waals surface area contributed by atoms with Crippen LogP contribution in [0.2, 0.25) is 0 Å². The molecular formula is C16H17N9O6S2. The molecule has 2 aliphatic rings. The van der Waals surface area contributed by atoms with Crippen LogP contribution in [0.5, 0.6) is 0 Å². The fourth-order valence-corrected chi connectivity index (χ4v) is 5.70. The minimum atomic E-state index is -1.26. The number of β-lactam (4-membered cyclic amide) rings is 1. The van der Waals surface area contributed by atoms with Gasteiger partial charge in [0.05, 0.1) is 4.92 Å². The monoisotopic (exact) mass is 495 g/mol. The predicted octanol–water partition coefficient (Wildman–Crippen LogP) is -0.521. The summed E-state index contributed by atoms with van der Waals surface area (Å²) in [5.41, 5.74) is -0.499. The largest absolute Gasteiger partial charge is 0.477 e. The van der Waals surface area contributed by atoms with E-state index in [0.29, 0.717) is 23.0 Å². The van der Waals surface area contributed by atoms with E-state index in [9.17, 15) is 29.6 Å². The van der Waals surface area contributed by atoms with E-state index < -0.39 is 45.5 Å². The van der Waals surface area contributed by atoms with Crippen molar-refractivity contribution in [1.82, 2.24) is 40.2 Å². The number of aliphatic carboxylic acids is 1. The summed E-state index contributed by atoms with van der Waals surface area (Å²) in [7, 11) is 1.65. The van der Waals surface area contributed by atoms with Crippen molar-refractivity contribution in [2.75, 3.05) is 11.5 Å². The van der Waals surface area contributed by atoms with Gasteiger partial charge in [-0.3, -0.25) is 29.3 Å². The van der Waals surface area contributed by atoms with Gasteiger partial charge in [0.15, 0.2) is 0 Å². The van der Waals surface area contributed by atoms with E-state index in [1.807, 2.05) is 0 Å². The summed E-state index contributed by atoms with van der Waals surface area (Å²) in [5.74, 6) is -2.17. The molecule has 1 saturated heterocycles. The first-order valence-electron chi connectivity index (χ1n) is 9.50. The topological polar surface area (TPSA) is 191 Å². The molecule has 2 N–H and O–H groups in total. The quantitative estimate of drug-likeness (QED) is 0.206. The van der Waals surface area contributed by atoms with E-state index >= 15 is 0 Å². The van der Waals surface area contributed by atoms with Gasteiger partial charge in [0.25, 0.3) is 11.8 Å². The molecule has 0 radical (unpaired) electrons. The van der Waals surface area contributed by atoms with Crippen LogP contribution in [-0.4, -0.2) is 85.6 Å². The first-order chi connectivity index (χ1) is 15.7. The van der Waals surface area contributed by atoms with Crippen molar-refractivity contribution >= 4 is 47.0 Å². The van der Waals surface area contributed by atoms with Crippen LogP contribution in [0.4, 0.5) is 5.69 Å². The molecule has 0 aliphatic carbocycles. The number of nitro groups is 1. The Morgan fingerprint density at radius 3 is 2.82 bits per heavy atom. The Hall–Kier alpha value is -3.47. The lowest BCUT2D eigenvalue weighted by atomic mass is 10.0. The number of hydrogen-bond acceptors (Lipinski definition) is 11. The molecule has 1 fully saturated rings. The summed E-state index contributed by atoms with van der Waals surface area (Å²) in [6, 6.07) is -1.03. The lowest BCUT2D eigenvalue weighted by molar-refractivity contribution is -0.385. The summed E-state index contributed by atoms with van der Waals surface area (Å²) in [5, 5.41) is 38.3. The van der Waals surface area contributed by atoms with Crippen molar-refractivity contribution in [3.63, 3.8) is 0 Å². The van der Waals surface area contributed by atoms with Gasteiger partial charge in [-0.1, -0.05) is 11.8 Å². The van der Waals surface area contributed by atoms with Crippen LogP contribution in [-0.2, 0) is 23.2 Å². The fraction of sp³-hybridized carbons (Fsp3) is 0.438. The van der Waals surface area contributed by atoms with Crippen LogP contribution in [0.25, 0.3) is 0 Å². The molecule has 2 aliphatic heterocycles. The third-order valence-corrected chi connectivity index (χ3v) is 7.41. The van der Waals surface area contributed by atoms with Gasteiger partial charge >= 0.3 is 11.7 Å². The molecule has 0 saturated carbocycles. The number of carboxylic acid groups (broad SMARTS) is 1. The molecule has 0 spiro atoms. The zero-order chi connectivity index (χ0) is 23.9. The zero-order valence-corrected chi connectivity index (χ0v) is 18.9. The van der Waals surface area contributed by atoms with Crippen molar-refractivity contribution in [2.45, 2.75) is 30.0 Å². The Bertz CT molecular complexity index is 1190. The van der Waals surface area contributed by atoms with E-state index in [1.165, 1.54) is 32.9 Å². The SMILES string of the molecule is CCn1cc([N+](=O)[O-])c(C(=O)NC2C(=O)N3C(C(=O)O)=C(CSc4nnnn4C)CSC23)n1. The molecule has 15 nitrogen and oxygen atoms in total. The van der Waals surface area contributed by atoms with Crippen molar-refractivity contribution in [2.24, 2.45) is 7.05 Å². The molecular weight excluding hydrogens is 478 g/mol. The molecule has 2 unspecified atom stereocenters. The van der Waals surface area contributed by atoms with E-state index in [0.717, 1.165) is 11.1 Å². The number of hydrogen-bond donors (Lipinski definition) is 2. The van der Waals surface area contributed by atoms with Crippen LogP contribution in [0, 0.1) is 10.1 Å². The van der Waals surface area contributed by atoms with Crippen molar-refractivity contribution < 1.29 is 24.4 Å². The Kier molecular flexibility index (Phi) is 6.07. The summed E-state index contributed by atoms with van der Waals surface area (Å²) < 4.78 is 2.70. The summed E-state index contributed by atoms with van der Waals surface area (Å²) >= 11 is 2.53. The molecule has 2 aromatic rings. The molecule has 2 atom stereocenters.